The van der Waals surface area contributed by atoms with E-state index in [1.807, 2.05) is 0 Å². The van der Waals surface area contributed by atoms with Gasteiger partial charge in [0.1, 0.15) is 5.69 Å². The molecule has 2 aliphatic carbocycles. The minimum absolute atomic E-state index is 0.103. The van der Waals surface area contributed by atoms with Gasteiger partial charge in [-0.1, -0.05) is 12.5 Å². The second-order valence-corrected chi connectivity index (χ2v) is 7.40. The van der Waals surface area contributed by atoms with Gasteiger partial charge in [-0.3, -0.25) is 4.79 Å². The Morgan fingerprint density at radius 1 is 1.15 bits per heavy atom. The number of aromatic nitrogens is 2. The van der Waals surface area contributed by atoms with Crippen LogP contribution < -0.4 is 11.1 Å². The predicted octanol–water partition coefficient (Wildman–Crippen LogP) is 2.79. The van der Waals surface area contributed by atoms with Crippen LogP contribution in [0.5, 0.6) is 0 Å². The Hall–Kier alpha value is -2.28. The van der Waals surface area contributed by atoms with Gasteiger partial charge in [0.25, 0.3) is 5.91 Å². The van der Waals surface area contributed by atoms with Gasteiger partial charge in [-0.05, 0) is 55.7 Å². The number of nitrogens with two attached hydrogens (primary N) is 1. The summed E-state index contributed by atoms with van der Waals surface area (Å²) in [7, 11) is 0. The minimum atomic E-state index is -0.726. The number of fused-ring (bicyclic) bond motifs is 2. The molecule has 2 saturated carbocycles. The molecule has 26 heavy (non-hydrogen) atoms. The number of halogens is 2. The number of rotatable bonds is 3. The first-order chi connectivity index (χ1) is 12.5. The van der Waals surface area contributed by atoms with Crippen LogP contribution in [0.1, 0.15) is 42.6 Å². The van der Waals surface area contributed by atoms with E-state index in [0.717, 1.165) is 42.5 Å². The van der Waals surface area contributed by atoms with E-state index in [1.165, 1.54) is 24.8 Å². The Kier molecular flexibility index (Phi) is 4.48. The van der Waals surface area contributed by atoms with Gasteiger partial charge in [-0.15, -0.1) is 0 Å². The second kappa shape index (κ2) is 6.79. The third-order valence-corrected chi connectivity index (χ3v) is 5.66. The number of nitrogens with zero attached hydrogens (tertiary/aromatic N) is 2. The van der Waals surface area contributed by atoms with Gasteiger partial charge in [-0.25, -0.2) is 13.5 Å². The molecule has 2 bridgehead atoms. The fraction of sp³-hybridized carbons (Fsp3) is 0.474. The summed E-state index contributed by atoms with van der Waals surface area (Å²) in [5, 5.41) is 7.17. The molecule has 4 rings (SSSR count). The number of hydrogen-bond acceptors (Lipinski definition) is 3. The Bertz CT molecular complexity index is 787. The first kappa shape index (κ1) is 17.1. The van der Waals surface area contributed by atoms with E-state index in [0.29, 0.717) is 11.8 Å². The Balaban J connectivity index is 1.52. The molecule has 2 atom stereocenters. The Morgan fingerprint density at radius 2 is 1.81 bits per heavy atom. The van der Waals surface area contributed by atoms with E-state index >= 15 is 0 Å². The standard InChI is InChI=1S/C19H22F2N4O/c20-14-5-2-6-15(21)18(14)25-8-7-16(24-25)19(26)23-17-11-3-1-4-12(17)10-13(22)9-11/h2,5-8,11-13,17H,1,3-4,9-10,22H2,(H,23,26). The maximum atomic E-state index is 13.9. The molecule has 0 radical (unpaired) electrons. The molecule has 2 unspecified atom stereocenters. The number of carbonyl (C=O) groups excluding carboxylic acids is 1. The molecule has 2 fully saturated rings. The highest BCUT2D eigenvalue weighted by atomic mass is 19.1. The van der Waals surface area contributed by atoms with E-state index in [-0.39, 0.29) is 29.4 Å². The zero-order chi connectivity index (χ0) is 18.3. The predicted molar refractivity (Wildman–Crippen MR) is 92.8 cm³/mol. The van der Waals surface area contributed by atoms with Crippen LogP contribution in [0, 0.1) is 23.5 Å². The summed E-state index contributed by atoms with van der Waals surface area (Å²) in [6.07, 6.45) is 6.57. The van der Waals surface area contributed by atoms with Gasteiger partial charge < -0.3 is 11.1 Å². The summed E-state index contributed by atoms with van der Waals surface area (Å²) in [6.45, 7) is 0. The summed E-state index contributed by atoms with van der Waals surface area (Å²) in [5.41, 5.74) is 5.99. The molecule has 7 heteroatoms. The van der Waals surface area contributed by atoms with E-state index < -0.39 is 11.6 Å². The van der Waals surface area contributed by atoms with Crippen molar-refractivity contribution in [3.8, 4) is 5.69 Å². The molecule has 0 spiro atoms. The lowest BCUT2D eigenvalue weighted by atomic mass is 9.67. The monoisotopic (exact) mass is 360 g/mol. The molecule has 2 aromatic rings. The molecule has 0 aliphatic heterocycles. The molecule has 1 aromatic carbocycles. The number of benzene rings is 1. The molecule has 138 valence electrons. The van der Waals surface area contributed by atoms with Crippen molar-refractivity contribution in [3.05, 3.63) is 47.8 Å². The summed E-state index contributed by atoms with van der Waals surface area (Å²) in [4.78, 5) is 12.6. The van der Waals surface area contributed by atoms with Gasteiger partial charge in [0.2, 0.25) is 0 Å². The van der Waals surface area contributed by atoms with E-state index in [4.69, 9.17) is 5.73 Å². The second-order valence-electron chi connectivity index (χ2n) is 7.40. The first-order valence-corrected chi connectivity index (χ1v) is 9.09. The van der Waals surface area contributed by atoms with Crippen molar-refractivity contribution in [2.45, 2.75) is 44.2 Å². The highest BCUT2D eigenvalue weighted by Crippen LogP contribution is 2.39. The van der Waals surface area contributed by atoms with Crippen LogP contribution in [0.3, 0.4) is 0 Å². The van der Waals surface area contributed by atoms with Crippen LogP contribution in [-0.2, 0) is 0 Å². The zero-order valence-electron chi connectivity index (χ0n) is 14.4. The fourth-order valence-corrected chi connectivity index (χ4v) is 4.53. The molecule has 3 N–H and O–H groups in total. The normalized spacial score (nSPS) is 28.0. The van der Waals surface area contributed by atoms with Crippen molar-refractivity contribution >= 4 is 5.91 Å². The van der Waals surface area contributed by atoms with Crippen molar-refractivity contribution in [2.75, 3.05) is 0 Å². The molecular formula is C19H22F2N4O. The molecule has 0 saturated heterocycles. The van der Waals surface area contributed by atoms with Crippen LogP contribution in [0.4, 0.5) is 8.78 Å². The summed E-state index contributed by atoms with van der Waals surface area (Å²) in [6, 6.07) is 5.40. The van der Waals surface area contributed by atoms with Gasteiger partial charge >= 0.3 is 0 Å². The van der Waals surface area contributed by atoms with Gasteiger partial charge in [0, 0.05) is 18.3 Å². The number of hydrogen-bond donors (Lipinski definition) is 2. The maximum absolute atomic E-state index is 13.9. The van der Waals surface area contributed by atoms with Crippen molar-refractivity contribution in [1.82, 2.24) is 15.1 Å². The molecule has 1 amide bonds. The van der Waals surface area contributed by atoms with Gasteiger partial charge in [0.15, 0.2) is 17.3 Å². The number of para-hydroxylation sites is 1. The Morgan fingerprint density at radius 3 is 2.46 bits per heavy atom. The third kappa shape index (κ3) is 3.11. The van der Waals surface area contributed by atoms with Crippen molar-refractivity contribution in [2.24, 2.45) is 17.6 Å². The molecular weight excluding hydrogens is 338 g/mol. The van der Waals surface area contributed by atoms with Gasteiger partial charge in [-0.2, -0.15) is 5.10 Å². The summed E-state index contributed by atoms with van der Waals surface area (Å²) < 4.78 is 28.9. The average Bonchev–Trinajstić information content (AvgIpc) is 3.05. The maximum Gasteiger partial charge on any atom is 0.272 e. The van der Waals surface area contributed by atoms with Crippen molar-refractivity contribution in [3.63, 3.8) is 0 Å². The summed E-state index contributed by atoms with van der Waals surface area (Å²) >= 11 is 0. The zero-order valence-corrected chi connectivity index (χ0v) is 14.4. The average molecular weight is 360 g/mol. The van der Waals surface area contributed by atoms with Crippen LogP contribution in [0.25, 0.3) is 5.69 Å². The number of nitrogens with one attached hydrogen (secondary N) is 1. The van der Waals surface area contributed by atoms with Gasteiger partial charge in [0.05, 0.1) is 0 Å². The lowest BCUT2D eigenvalue weighted by molar-refractivity contribution is 0.0751. The molecule has 2 aliphatic rings. The third-order valence-electron chi connectivity index (χ3n) is 5.66. The number of amides is 1. The summed E-state index contributed by atoms with van der Waals surface area (Å²) in [5.74, 6) is -0.968. The molecule has 1 heterocycles. The fourth-order valence-electron chi connectivity index (χ4n) is 4.53. The Labute approximate surface area is 150 Å². The first-order valence-electron chi connectivity index (χ1n) is 9.09. The van der Waals surface area contributed by atoms with E-state index in [1.54, 1.807) is 0 Å². The smallest absolute Gasteiger partial charge is 0.272 e. The highest BCUT2D eigenvalue weighted by molar-refractivity contribution is 5.92. The lowest BCUT2D eigenvalue weighted by Gasteiger charge is -2.45. The van der Waals surface area contributed by atoms with Crippen LogP contribution in [0.2, 0.25) is 0 Å². The van der Waals surface area contributed by atoms with E-state index in [9.17, 15) is 13.6 Å². The van der Waals surface area contributed by atoms with Crippen LogP contribution in [0.15, 0.2) is 30.5 Å². The lowest BCUT2D eigenvalue weighted by Crippen LogP contribution is -2.53. The topological polar surface area (TPSA) is 72.9 Å². The van der Waals surface area contributed by atoms with E-state index in [2.05, 4.69) is 10.4 Å². The highest BCUT2D eigenvalue weighted by Gasteiger charge is 2.40. The molecule has 1 aromatic heterocycles. The largest absolute Gasteiger partial charge is 0.347 e. The molecule has 5 nitrogen and oxygen atoms in total. The minimum Gasteiger partial charge on any atom is -0.347 e. The quantitative estimate of drug-likeness (QED) is 0.884. The van der Waals surface area contributed by atoms with Crippen molar-refractivity contribution < 1.29 is 13.6 Å². The number of carbonyl (C=O) groups is 1. The SMILES string of the molecule is NC1CC2CCCC(C1)C2NC(=O)c1ccn(-c2c(F)cccc2F)n1. The van der Waals surface area contributed by atoms with Crippen LogP contribution >= 0.6 is 0 Å². The van der Waals surface area contributed by atoms with Crippen LogP contribution in [-0.4, -0.2) is 27.8 Å². The van der Waals surface area contributed by atoms with Crippen molar-refractivity contribution in [1.29, 1.82) is 0 Å².